The number of nitrogen functional groups attached to an aromatic ring is 1. The maximum Gasteiger partial charge on any atom is 0.0317 e. The molecule has 0 saturated heterocycles. The van der Waals surface area contributed by atoms with Gasteiger partial charge in [0, 0.05) is 24.8 Å². The van der Waals surface area contributed by atoms with Gasteiger partial charge in [0.05, 0.1) is 0 Å². The van der Waals surface area contributed by atoms with E-state index in [0.29, 0.717) is 0 Å². The molecule has 2 nitrogen and oxygen atoms in total. The molecule has 18 heavy (non-hydrogen) atoms. The molecule has 0 spiro atoms. The van der Waals surface area contributed by atoms with E-state index < -0.39 is 0 Å². The van der Waals surface area contributed by atoms with Crippen LogP contribution in [0.3, 0.4) is 0 Å². The molecule has 1 aromatic rings. The Morgan fingerprint density at radius 2 is 1.89 bits per heavy atom. The summed E-state index contributed by atoms with van der Waals surface area (Å²) < 4.78 is 0. The van der Waals surface area contributed by atoms with Gasteiger partial charge in [0.25, 0.3) is 0 Å². The van der Waals surface area contributed by atoms with Crippen molar-refractivity contribution in [3.05, 3.63) is 29.3 Å². The predicted octanol–water partition coefficient (Wildman–Crippen LogP) is 3.41. The summed E-state index contributed by atoms with van der Waals surface area (Å²) in [5.74, 6) is 1.75. The highest BCUT2D eigenvalue weighted by Gasteiger charge is 2.32. The van der Waals surface area contributed by atoms with Gasteiger partial charge in [-0.25, -0.2) is 0 Å². The standard InChI is InChI=1S/C16H24N2/c1-11-3-6-16(12(2)7-11)18-9-13-4-5-15(17)8-14(13)10-18/h4-5,8,11-12,16H,3,6-7,9-10,17H2,1-2H3. The average molecular weight is 244 g/mol. The fraction of sp³-hybridized carbons (Fsp3) is 0.625. The zero-order chi connectivity index (χ0) is 12.7. The Balaban J connectivity index is 1.73. The molecule has 0 amide bonds. The molecule has 3 atom stereocenters. The van der Waals surface area contributed by atoms with E-state index in [1.807, 2.05) is 6.07 Å². The third kappa shape index (κ3) is 2.14. The van der Waals surface area contributed by atoms with Crippen molar-refractivity contribution in [1.82, 2.24) is 4.90 Å². The number of fused-ring (bicyclic) bond motifs is 1. The molecule has 1 aliphatic carbocycles. The molecule has 2 aliphatic rings. The lowest BCUT2D eigenvalue weighted by atomic mass is 9.79. The quantitative estimate of drug-likeness (QED) is 0.767. The molecule has 3 rings (SSSR count). The third-order valence-electron chi connectivity index (χ3n) is 4.83. The van der Waals surface area contributed by atoms with E-state index in [-0.39, 0.29) is 0 Å². The van der Waals surface area contributed by atoms with Gasteiger partial charge in [0.15, 0.2) is 0 Å². The monoisotopic (exact) mass is 244 g/mol. The first-order chi connectivity index (χ1) is 8.63. The van der Waals surface area contributed by atoms with Gasteiger partial charge in [0.1, 0.15) is 0 Å². The Morgan fingerprint density at radius 1 is 1.11 bits per heavy atom. The normalized spacial score (nSPS) is 32.4. The minimum atomic E-state index is 0.773. The molecule has 0 bridgehead atoms. The molecule has 1 aromatic carbocycles. The molecule has 98 valence electrons. The summed E-state index contributed by atoms with van der Waals surface area (Å²) in [4.78, 5) is 2.67. The topological polar surface area (TPSA) is 29.3 Å². The predicted molar refractivity (Wildman–Crippen MR) is 76.1 cm³/mol. The lowest BCUT2D eigenvalue weighted by Gasteiger charge is -2.38. The van der Waals surface area contributed by atoms with Gasteiger partial charge >= 0.3 is 0 Å². The van der Waals surface area contributed by atoms with Crippen LogP contribution in [0.5, 0.6) is 0 Å². The van der Waals surface area contributed by atoms with Crippen LogP contribution in [0, 0.1) is 11.8 Å². The van der Waals surface area contributed by atoms with Gasteiger partial charge < -0.3 is 5.73 Å². The maximum atomic E-state index is 5.88. The van der Waals surface area contributed by atoms with Crippen LogP contribution in [-0.4, -0.2) is 10.9 Å². The summed E-state index contributed by atoms with van der Waals surface area (Å²) >= 11 is 0. The maximum absolute atomic E-state index is 5.88. The van der Waals surface area contributed by atoms with Crippen molar-refractivity contribution in [2.75, 3.05) is 5.73 Å². The average Bonchev–Trinajstić information content (AvgIpc) is 2.71. The Labute approximate surface area is 110 Å². The van der Waals surface area contributed by atoms with E-state index in [0.717, 1.165) is 36.7 Å². The molecular weight excluding hydrogens is 220 g/mol. The molecule has 3 unspecified atom stereocenters. The van der Waals surface area contributed by atoms with Crippen molar-refractivity contribution in [1.29, 1.82) is 0 Å². The summed E-state index contributed by atoms with van der Waals surface area (Å²) in [5, 5.41) is 0. The summed E-state index contributed by atoms with van der Waals surface area (Å²) in [6.45, 7) is 7.05. The van der Waals surface area contributed by atoms with Crippen LogP contribution < -0.4 is 5.73 Å². The summed E-state index contributed by atoms with van der Waals surface area (Å²) in [6.07, 6.45) is 4.15. The molecule has 2 N–H and O–H groups in total. The number of hydrogen-bond donors (Lipinski definition) is 1. The first kappa shape index (κ1) is 12.0. The third-order valence-corrected chi connectivity index (χ3v) is 4.83. The van der Waals surface area contributed by atoms with Crippen LogP contribution in [0.1, 0.15) is 44.2 Å². The van der Waals surface area contributed by atoms with Crippen molar-refractivity contribution in [3.63, 3.8) is 0 Å². The Hall–Kier alpha value is -1.02. The van der Waals surface area contributed by atoms with Gasteiger partial charge in [-0.3, -0.25) is 4.90 Å². The summed E-state index contributed by atoms with van der Waals surface area (Å²) in [5.41, 5.74) is 9.71. The van der Waals surface area contributed by atoms with Crippen LogP contribution >= 0.6 is 0 Å². The summed E-state index contributed by atoms with van der Waals surface area (Å²) in [6, 6.07) is 7.18. The van der Waals surface area contributed by atoms with E-state index in [4.69, 9.17) is 5.73 Å². The molecule has 0 aromatic heterocycles. The van der Waals surface area contributed by atoms with E-state index in [9.17, 15) is 0 Å². The molecule has 0 radical (unpaired) electrons. The number of hydrogen-bond acceptors (Lipinski definition) is 2. The van der Waals surface area contributed by atoms with E-state index >= 15 is 0 Å². The number of nitrogens with two attached hydrogens (primary N) is 1. The molecule has 2 heteroatoms. The Kier molecular flexibility index (Phi) is 3.06. The van der Waals surface area contributed by atoms with Crippen LogP contribution in [-0.2, 0) is 13.1 Å². The highest BCUT2D eigenvalue weighted by Crippen LogP contribution is 2.36. The van der Waals surface area contributed by atoms with Crippen LogP contribution in [0.4, 0.5) is 5.69 Å². The zero-order valence-electron chi connectivity index (χ0n) is 11.5. The highest BCUT2D eigenvalue weighted by atomic mass is 15.2. The van der Waals surface area contributed by atoms with Crippen LogP contribution in [0.2, 0.25) is 0 Å². The molecular formula is C16H24N2. The van der Waals surface area contributed by atoms with Crippen molar-refractivity contribution in [2.24, 2.45) is 11.8 Å². The number of nitrogens with zero attached hydrogens (tertiary/aromatic N) is 1. The Bertz CT molecular complexity index is 441. The minimum Gasteiger partial charge on any atom is -0.399 e. The van der Waals surface area contributed by atoms with Crippen molar-refractivity contribution >= 4 is 5.69 Å². The molecule has 1 aliphatic heterocycles. The van der Waals surface area contributed by atoms with Crippen molar-refractivity contribution in [3.8, 4) is 0 Å². The first-order valence-corrected chi connectivity index (χ1v) is 7.25. The highest BCUT2D eigenvalue weighted by molar-refractivity contribution is 5.46. The number of rotatable bonds is 1. The lowest BCUT2D eigenvalue weighted by molar-refractivity contribution is 0.0915. The van der Waals surface area contributed by atoms with Crippen molar-refractivity contribution < 1.29 is 0 Å². The zero-order valence-corrected chi connectivity index (χ0v) is 11.5. The number of benzene rings is 1. The molecule has 1 saturated carbocycles. The minimum absolute atomic E-state index is 0.773. The fourth-order valence-electron chi connectivity index (χ4n) is 3.87. The van der Waals surface area contributed by atoms with E-state index in [1.165, 1.54) is 30.4 Å². The van der Waals surface area contributed by atoms with E-state index in [1.54, 1.807) is 0 Å². The Morgan fingerprint density at radius 3 is 2.67 bits per heavy atom. The molecule has 1 fully saturated rings. The lowest BCUT2D eigenvalue weighted by Crippen LogP contribution is -2.39. The fourth-order valence-corrected chi connectivity index (χ4v) is 3.87. The summed E-state index contributed by atoms with van der Waals surface area (Å²) in [7, 11) is 0. The largest absolute Gasteiger partial charge is 0.399 e. The van der Waals surface area contributed by atoms with Crippen LogP contribution in [0.25, 0.3) is 0 Å². The number of anilines is 1. The second-order valence-corrected chi connectivity index (χ2v) is 6.40. The second-order valence-electron chi connectivity index (χ2n) is 6.40. The molecule has 1 heterocycles. The van der Waals surface area contributed by atoms with Gasteiger partial charge in [-0.05, 0) is 54.4 Å². The van der Waals surface area contributed by atoms with E-state index in [2.05, 4.69) is 30.9 Å². The SMILES string of the molecule is CC1CCC(N2Cc3ccc(N)cc3C2)C(C)C1. The second kappa shape index (κ2) is 4.58. The van der Waals surface area contributed by atoms with Gasteiger partial charge in [-0.2, -0.15) is 0 Å². The smallest absolute Gasteiger partial charge is 0.0317 e. The first-order valence-electron chi connectivity index (χ1n) is 7.25. The van der Waals surface area contributed by atoms with Gasteiger partial charge in [-0.1, -0.05) is 19.9 Å². The van der Waals surface area contributed by atoms with Crippen LogP contribution in [0.15, 0.2) is 18.2 Å². The van der Waals surface area contributed by atoms with Crippen molar-refractivity contribution in [2.45, 2.75) is 52.2 Å². The van der Waals surface area contributed by atoms with Gasteiger partial charge in [-0.15, -0.1) is 0 Å². The van der Waals surface area contributed by atoms with Gasteiger partial charge in [0.2, 0.25) is 0 Å².